The summed E-state index contributed by atoms with van der Waals surface area (Å²) in [4.78, 5) is 11.4. The van der Waals surface area contributed by atoms with Crippen LogP contribution in [0.5, 0.6) is 5.75 Å². The summed E-state index contributed by atoms with van der Waals surface area (Å²) in [5.74, 6) is 0.578. The van der Waals surface area contributed by atoms with Crippen molar-refractivity contribution in [1.82, 2.24) is 0 Å². The Morgan fingerprint density at radius 3 is 2.39 bits per heavy atom. The van der Waals surface area contributed by atoms with Gasteiger partial charge >= 0.3 is 0 Å². The molecule has 0 N–H and O–H groups in total. The molecule has 0 aliphatic rings. The van der Waals surface area contributed by atoms with Crippen LogP contribution in [-0.2, 0) is 6.61 Å². The molecule has 0 aliphatic carbocycles. The van der Waals surface area contributed by atoms with Gasteiger partial charge in [-0.3, -0.25) is 4.79 Å². The monoisotopic (exact) mass is 322 g/mol. The lowest BCUT2D eigenvalue weighted by Crippen LogP contribution is -1.98. The highest BCUT2D eigenvalue weighted by Crippen LogP contribution is 2.28. The molecule has 2 nitrogen and oxygen atoms in total. The van der Waals surface area contributed by atoms with Gasteiger partial charge in [0.15, 0.2) is 6.29 Å². The predicted octanol–water partition coefficient (Wildman–Crippen LogP) is 5.40. The fourth-order valence-corrected chi connectivity index (χ4v) is 2.55. The molecule has 0 aliphatic heterocycles. The molecule has 0 heterocycles. The topological polar surface area (TPSA) is 26.3 Å². The van der Waals surface area contributed by atoms with Crippen molar-refractivity contribution in [2.75, 3.05) is 0 Å². The van der Waals surface area contributed by atoms with Crippen LogP contribution in [0.25, 0.3) is 11.1 Å². The van der Waals surface area contributed by atoms with Crippen molar-refractivity contribution in [2.45, 2.75) is 6.61 Å². The fraction of sp³-hybridized carbons (Fsp3) is 0.0500. The molecule has 3 heteroatoms. The molecule has 3 aromatic rings. The Bertz CT molecular complexity index is 813. The lowest BCUT2D eigenvalue weighted by Gasteiger charge is -2.10. The van der Waals surface area contributed by atoms with Gasteiger partial charge in [-0.2, -0.15) is 0 Å². The van der Waals surface area contributed by atoms with Crippen LogP contribution in [0.4, 0.5) is 0 Å². The second-order valence-corrected chi connectivity index (χ2v) is 5.59. The largest absolute Gasteiger partial charge is 0.488 e. The van der Waals surface area contributed by atoms with E-state index in [9.17, 15) is 4.79 Å². The lowest BCUT2D eigenvalue weighted by molar-refractivity contribution is 0.111. The van der Waals surface area contributed by atoms with E-state index in [4.69, 9.17) is 16.3 Å². The number of ether oxygens (including phenoxy) is 1. The summed E-state index contributed by atoms with van der Waals surface area (Å²) in [6.45, 7) is 0.429. The number of carbonyl (C=O) groups is 1. The zero-order valence-corrected chi connectivity index (χ0v) is 13.2. The van der Waals surface area contributed by atoms with Gasteiger partial charge in [0.1, 0.15) is 12.4 Å². The van der Waals surface area contributed by atoms with Crippen LogP contribution in [0, 0.1) is 0 Å². The average Bonchev–Trinajstić information content (AvgIpc) is 2.60. The summed E-state index contributed by atoms with van der Waals surface area (Å²) in [6, 6.07) is 23.0. The van der Waals surface area contributed by atoms with E-state index in [0.717, 1.165) is 23.0 Å². The summed E-state index contributed by atoms with van der Waals surface area (Å²) >= 11 is 6.02. The maximum absolute atomic E-state index is 11.4. The molecule has 0 saturated heterocycles. The quantitative estimate of drug-likeness (QED) is 0.588. The molecule has 0 fully saturated rings. The molecule has 0 radical (unpaired) electrons. The Labute approximate surface area is 140 Å². The van der Waals surface area contributed by atoms with Crippen molar-refractivity contribution in [3.63, 3.8) is 0 Å². The van der Waals surface area contributed by atoms with Gasteiger partial charge in [0, 0.05) is 5.02 Å². The second-order valence-electron chi connectivity index (χ2n) is 5.16. The van der Waals surface area contributed by atoms with Crippen LogP contribution in [0.3, 0.4) is 0 Å². The number of halogens is 1. The number of hydrogen-bond donors (Lipinski definition) is 0. The molecular weight excluding hydrogens is 308 g/mol. The number of aldehydes is 1. The zero-order valence-electron chi connectivity index (χ0n) is 12.4. The molecule has 23 heavy (non-hydrogen) atoms. The van der Waals surface area contributed by atoms with E-state index in [1.54, 1.807) is 0 Å². The van der Waals surface area contributed by atoms with E-state index in [0.29, 0.717) is 22.9 Å². The smallest absolute Gasteiger partial charge is 0.153 e. The molecule has 0 unspecified atom stereocenters. The minimum absolute atomic E-state index is 0.429. The first kappa shape index (κ1) is 15.3. The molecule has 0 atom stereocenters. The van der Waals surface area contributed by atoms with E-state index in [2.05, 4.69) is 0 Å². The van der Waals surface area contributed by atoms with Crippen LogP contribution < -0.4 is 4.74 Å². The molecule has 0 amide bonds. The summed E-state index contributed by atoms with van der Waals surface area (Å²) in [5.41, 5.74) is 3.48. The van der Waals surface area contributed by atoms with Gasteiger partial charge in [-0.15, -0.1) is 0 Å². The number of rotatable bonds is 5. The van der Waals surface area contributed by atoms with E-state index in [1.807, 2.05) is 72.8 Å². The Morgan fingerprint density at radius 1 is 0.870 bits per heavy atom. The van der Waals surface area contributed by atoms with Gasteiger partial charge in [0.05, 0.1) is 5.56 Å². The van der Waals surface area contributed by atoms with E-state index in [1.165, 1.54) is 0 Å². The Hall–Kier alpha value is -2.58. The SMILES string of the molecule is O=Cc1cc(-c2cccc(Cl)c2)ccc1OCc1ccccc1. The highest BCUT2D eigenvalue weighted by molar-refractivity contribution is 6.30. The van der Waals surface area contributed by atoms with E-state index in [-0.39, 0.29) is 0 Å². The van der Waals surface area contributed by atoms with E-state index >= 15 is 0 Å². The summed E-state index contributed by atoms with van der Waals surface area (Å²) in [5, 5.41) is 0.666. The van der Waals surface area contributed by atoms with Gasteiger partial charge in [-0.1, -0.05) is 60.1 Å². The first-order chi connectivity index (χ1) is 11.3. The van der Waals surface area contributed by atoms with Crippen LogP contribution in [0.1, 0.15) is 15.9 Å². The fourth-order valence-electron chi connectivity index (χ4n) is 2.35. The molecule has 3 rings (SSSR count). The maximum atomic E-state index is 11.4. The van der Waals surface area contributed by atoms with Crippen molar-refractivity contribution in [3.05, 3.63) is 88.9 Å². The van der Waals surface area contributed by atoms with Crippen molar-refractivity contribution >= 4 is 17.9 Å². The molecule has 0 saturated carbocycles. The molecule has 0 bridgehead atoms. The molecule has 0 aromatic heterocycles. The summed E-state index contributed by atoms with van der Waals surface area (Å²) < 4.78 is 5.77. The molecule has 114 valence electrons. The van der Waals surface area contributed by atoms with Gasteiger partial charge in [0.25, 0.3) is 0 Å². The molecule has 3 aromatic carbocycles. The molecular formula is C20H15ClO2. The Balaban J connectivity index is 1.84. The normalized spacial score (nSPS) is 10.3. The van der Waals surface area contributed by atoms with Crippen molar-refractivity contribution < 1.29 is 9.53 Å². The maximum Gasteiger partial charge on any atom is 0.153 e. The highest BCUT2D eigenvalue weighted by atomic mass is 35.5. The minimum Gasteiger partial charge on any atom is -0.488 e. The second kappa shape index (κ2) is 7.12. The third-order valence-electron chi connectivity index (χ3n) is 3.53. The van der Waals surface area contributed by atoms with Crippen LogP contribution >= 0.6 is 11.6 Å². The first-order valence-electron chi connectivity index (χ1n) is 7.28. The lowest BCUT2D eigenvalue weighted by atomic mass is 10.0. The van der Waals surface area contributed by atoms with E-state index < -0.39 is 0 Å². The standard InChI is InChI=1S/C20H15ClO2/c21-19-8-4-7-16(12-19)17-9-10-20(18(11-17)13-22)23-14-15-5-2-1-3-6-15/h1-13H,14H2. The van der Waals surface area contributed by atoms with Gasteiger partial charge < -0.3 is 4.74 Å². The highest BCUT2D eigenvalue weighted by Gasteiger charge is 2.07. The number of carbonyl (C=O) groups excluding carboxylic acids is 1. The Kier molecular flexibility index (Phi) is 4.74. The number of benzene rings is 3. The van der Waals surface area contributed by atoms with Crippen molar-refractivity contribution in [2.24, 2.45) is 0 Å². The van der Waals surface area contributed by atoms with Crippen LogP contribution in [-0.4, -0.2) is 6.29 Å². The zero-order chi connectivity index (χ0) is 16.1. The van der Waals surface area contributed by atoms with Gasteiger partial charge in [0.2, 0.25) is 0 Å². The van der Waals surface area contributed by atoms with Crippen molar-refractivity contribution in [3.8, 4) is 16.9 Å². The van der Waals surface area contributed by atoms with Crippen LogP contribution in [0.15, 0.2) is 72.8 Å². The summed E-state index contributed by atoms with van der Waals surface area (Å²) in [7, 11) is 0. The number of hydrogen-bond acceptors (Lipinski definition) is 2. The predicted molar refractivity (Wildman–Crippen MR) is 93.0 cm³/mol. The third-order valence-corrected chi connectivity index (χ3v) is 3.77. The average molecular weight is 323 g/mol. The minimum atomic E-state index is 0.429. The van der Waals surface area contributed by atoms with Crippen molar-refractivity contribution in [1.29, 1.82) is 0 Å². The first-order valence-corrected chi connectivity index (χ1v) is 7.66. The molecule has 0 spiro atoms. The third kappa shape index (κ3) is 3.79. The van der Waals surface area contributed by atoms with Crippen LogP contribution in [0.2, 0.25) is 5.02 Å². The van der Waals surface area contributed by atoms with Gasteiger partial charge in [-0.05, 0) is 41.0 Å². The summed E-state index contributed by atoms with van der Waals surface area (Å²) in [6.07, 6.45) is 0.814. The van der Waals surface area contributed by atoms with Gasteiger partial charge in [-0.25, -0.2) is 0 Å². The Morgan fingerprint density at radius 2 is 1.65 bits per heavy atom.